The molecule has 2 atom stereocenters. The van der Waals surface area contributed by atoms with Crippen LogP contribution in [0.4, 0.5) is 0 Å². The number of methoxy groups -OCH3 is 1. The van der Waals surface area contributed by atoms with Crippen molar-refractivity contribution in [2.75, 3.05) is 21.2 Å². The smallest absolute Gasteiger partial charge is 0.367 e. The first-order chi connectivity index (χ1) is 12.0. The van der Waals surface area contributed by atoms with Gasteiger partial charge in [0.15, 0.2) is 0 Å². The van der Waals surface area contributed by atoms with Crippen LogP contribution < -0.4 is 0 Å². The van der Waals surface area contributed by atoms with Crippen molar-refractivity contribution in [1.82, 2.24) is 19.4 Å². The number of carbonyl (C=O) groups is 1. The Kier molecular flexibility index (Phi) is 5.15. The van der Waals surface area contributed by atoms with Gasteiger partial charge in [0.1, 0.15) is 0 Å². The molecule has 2 aromatic heterocycles. The molecule has 6 nitrogen and oxygen atoms in total. The second-order valence-corrected chi connectivity index (χ2v) is 7.16. The molecule has 0 aliphatic carbocycles. The highest BCUT2D eigenvalue weighted by molar-refractivity contribution is 7.20. The quantitative estimate of drug-likeness (QED) is 0.633. The molecule has 7 heteroatoms. The van der Waals surface area contributed by atoms with E-state index in [2.05, 4.69) is 52.6 Å². The lowest BCUT2D eigenvalue weighted by Gasteiger charge is -2.33. The molecule has 132 valence electrons. The molecule has 3 rings (SSSR count). The Morgan fingerprint density at radius 1 is 1.40 bits per heavy atom. The van der Waals surface area contributed by atoms with E-state index in [0.717, 1.165) is 16.6 Å². The molecule has 2 heterocycles. The third-order valence-electron chi connectivity index (χ3n) is 4.41. The van der Waals surface area contributed by atoms with Crippen molar-refractivity contribution in [3.05, 3.63) is 47.5 Å². The molecule has 0 fully saturated rings. The summed E-state index contributed by atoms with van der Waals surface area (Å²) in [7, 11) is 5.56. The Balaban J connectivity index is 2.07. The van der Waals surface area contributed by atoms with Gasteiger partial charge in [-0.15, -0.1) is 11.3 Å². The maximum absolute atomic E-state index is 11.7. The summed E-state index contributed by atoms with van der Waals surface area (Å²) in [5.41, 5.74) is 1.99. The van der Waals surface area contributed by atoms with Crippen LogP contribution in [0.25, 0.3) is 10.2 Å². The van der Waals surface area contributed by atoms with E-state index in [0.29, 0.717) is 11.0 Å². The van der Waals surface area contributed by atoms with Crippen LogP contribution in [-0.2, 0) is 4.74 Å². The van der Waals surface area contributed by atoms with Gasteiger partial charge >= 0.3 is 5.97 Å². The maximum Gasteiger partial charge on any atom is 0.367 e. The lowest BCUT2D eigenvalue weighted by Crippen LogP contribution is -2.36. The van der Waals surface area contributed by atoms with E-state index in [1.807, 2.05) is 18.6 Å². The van der Waals surface area contributed by atoms with Gasteiger partial charge in [0.25, 0.3) is 0 Å². The Hall–Kier alpha value is -2.25. The van der Waals surface area contributed by atoms with Crippen LogP contribution in [-0.4, -0.2) is 52.7 Å². The largest absolute Gasteiger partial charge is 0.464 e. The molecule has 0 spiro atoms. The van der Waals surface area contributed by atoms with Crippen LogP contribution >= 0.6 is 11.3 Å². The van der Waals surface area contributed by atoms with Crippen LogP contribution in [0.3, 0.4) is 0 Å². The van der Waals surface area contributed by atoms with Crippen molar-refractivity contribution in [3.8, 4) is 0 Å². The number of carbonyl (C=O) groups excluding carboxylic acids is 1. The Bertz CT molecular complexity index is 857. The number of likely N-dealkylation sites (N-methyl/N-ethyl adjacent to an activating group) is 1. The summed E-state index contributed by atoms with van der Waals surface area (Å²) >= 11 is 1.36. The summed E-state index contributed by atoms with van der Waals surface area (Å²) in [6.07, 6.45) is 6.65. The summed E-state index contributed by atoms with van der Waals surface area (Å²) in [6, 6.07) is 6.63. The van der Waals surface area contributed by atoms with Gasteiger partial charge in [-0.05, 0) is 38.2 Å². The average Bonchev–Trinajstić information content (AvgIpc) is 3.27. The molecule has 0 bridgehead atoms. The van der Waals surface area contributed by atoms with E-state index in [4.69, 9.17) is 4.74 Å². The standard InChI is InChI=1S/C18H22N4O2S/c1-5-14(21(2)3)16(22-9-8-19-11-22)12-6-7-13-15(10-12)25-17(20-13)18(23)24-4/h6-11,14,16H,5H2,1-4H3. The predicted molar refractivity (Wildman–Crippen MR) is 99.1 cm³/mol. The molecule has 0 saturated carbocycles. The minimum atomic E-state index is -0.395. The molecular weight excluding hydrogens is 336 g/mol. The first-order valence-electron chi connectivity index (χ1n) is 8.17. The normalized spacial score (nSPS) is 14.0. The number of thiazole rings is 1. The number of hydrogen-bond acceptors (Lipinski definition) is 6. The third-order valence-corrected chi connectivity index (χ3v) is 5.40. The number of imidazole rings is 1. The van der Waals surface area contributed by atoms with Crippen molar-refractivity contribution in [1.29, 1.82) is 0 Å². The lowest BCUT2D eigenvalue weighted by atomic mass is 9.96. The van der Waals surface area contributed by atoms with Gasteiger partial charge < -0.3 is 14.2 Å². The monoisotopic (exact) mass is 358 g/mol. The molecule has 0 N–H and O–H groups in total. The van der Waals surface area contributed by atoms with E-state index in [1.165, 1.54) is 24.0 Å². The average molecular weight is 358 g/mol. The number of benzene rings is 1. The number of ether oxygens (including phenoxy) is 1. The molecule has 0 amide bonds. The minimum absolute atomic E-state index is 0.135. The molecule has 25 heavy (non-hydrogen) atoms. The van der Waals surface area contributed by atoms with Gasteiger partial charge in [0.2, 0.25) is 5.01 Å². The minimum Gasteiger partial charge on any atom is -0.464 e. The molecule has 0 aliphatic rings. The summed E-state index contributed by atoms with van der Waals surface area (Å²) < 4.78 is 7.90. The fourth-order valence-electron chi connectivity index (χ4n) is 3.20. The summed E-state index contributed by atoms with van der Waals surface area (Å²) in [6.45, 7) is 2.19. The van der Waals surface area contributed by atoms with E-state index >= 15 is 0 Å². The number of hydrogen-bond donors (Lipinski definition) is 0. The van der Waals surface area contributed by atoms with Gasteiger partial charge in [-0.2, -0.15) is 0 Å². The van der Waals surface area contributed by atoms with E-state index in [9.17, 15) is 4.79 Å². The predicted octanol–water partition coefficient (Wildman–Crippen LogP) is 3.21. The second-order valence-electron chi connectivity index (χ2n) is 6.13. The Morgan fingerprint density at radius 2 is 2.20 bits per heavy atom. The van der Waals surface area contributed by atoms with Crippen LogP contribution in [0, 0.1) is 0 Å². The lowest BCUT2D eigenvalue weighted by molar-refractivity contribution is 0.0600. The number of fused-ring (bicyclic) bond motifs is 1. The first kappa shape index (κ1) is 17.6. The topological polar surface area (TPSA) is 60.2 Å². The zero-order valence-electron chi connectivity index (χ0n) is 14.8. The number of rotatable bonds is 6. The molecule has 0 aliphatic heterocycles. The van der Waals surface area contributed by atoms with E-state index < -0.39 is 5.97 Å². The third kappa shape index (κ3) is 3.43. The maximum atomic E-state index is 11.7. The zero-order chi connectivity index (χ0) is 18.0. The fourth-order valence-corrected chi connectivity index (χ4v) is 4.13. The highest BCUT2D eigenvalue weighted by Gasteiger charge is 2.26. The van der Waals surface area contributed by atoms with Crippen molar-refractivity contribution >= 4 is 27.5 Å². The van der Waals surface area contributed by atoms with Gasteiger partial charge in [0.05, 0.1) is 29.7 Å². The zero-order valence-corrected chi connectivity index (χ0v) is 15.7. The SMILES string of the molecule is CCC(C(c1ccc2nc(C(=O)OC)sc2c1)n1ccnc1)N(C)C. The molecule has 2 unspecified atom stereocenters. The second kappa shape index (κ2) is 7.33. The van der Waals surface area contributed by atoms with Crippen molar-refractivity contribution in [2.24, 2.45) is 0 Å². The van der Waals surface area contributed by atoms with Crippen LogP contribution in [0.1, 0.15) is 34.8 Å². The fraction of sp³-hybridized carbons (Fsp3) is 0.389. The van der Waals surface area contributed by atoms with E-state index in [-0.39, 0.29) is 6.04 Å². The van der Waals surface area contributed by atoms with Gasteiger partial charge in [0, 0.05) is 18.4 Å². The Morgan fingerprint density at radius 3 is 2.80 bits per heavy atom. The molecule has 0 saturated heterocycles. The van der Waals surface area contributed by atoms with Crippen LogP contribution in [0.5, 0.6) is 0 Å². The van der Waals surface area contributed by atoms with Crippen molar-refractivity contribution in [3.63, 3.8) is 0 Å². The summed E-state index contributed by atoms with van der Waals surface area (Å²) in [5.74, 6) is -0.395. The van der Waals surface area contributed by atoms with Gasteiger partial charge in [-0.25, -0.2) is 14.8 Å². The number of esters is 1. The van der Waals surface area contributed by atoms with E-state index in [1.54, 1.807) is 6.20 Å². The molecule has 1 aromatic carbocycles. The molecule has 3 aromatic rings. The summed E-state index contributed by atoms with van der Waals surface area (Å²) in [5, 5.41) is 0.383. The van der Waals surface area contributed by atoms with Gasteiger partial charge in [-0.3, -0.25) is 0 Å². The first-order valence-corrected chi connectivity index (χ1v) is 8.99. The van der Waals surface area contributed by atoms with Gasteiger partial charge in [-0.1, -0.05) is 13.0 Å². The van der Waals surface area contributed by atoms with Crippen molar-refractivity contribution < 1.29 is 9.53 Å². The highest BCUT2D eigenvalue weighted by atomic mass is 32.1. The summed E-state index contributed by atoms with van der Waals surface area (Å²) in [4.78, 5) is 22.6. The molecule has 0 radical (unpaired) electrons. The highest BCUT2D eigenvalue weighted by Crippen LogP contribution is 2.31. The molecular formula is C18H22N4O2S. The van der Waals surface area contributed by atoms with Crippen LogP contribution in [0.2, 0.25) is 0 Å². The number of nitrogens with zero attached hydrogens (tertiary/aromatic N) is 4. The number of aromatic nitrogens is 3. The van der Waals surface area contributed by atoms with Crippen LogP contribution in [0.15, 0.2) is 36.9 Å². The Labute approximate surface area is 151 Å². The van der Waals surface area contributed by atoms with Crippen molar-refractivity contribution in [2.45, 2.75) is 25.4 Å².